The van der Waals surface area contributed by atoms with Gasteiger partial charge in [0.25, 0.3) is 5.91 Å². The molecule has 4 nitrogen and oxygen atoms in total. The fourth-order valence-corrected chi connectivity index (χ4v) is 3.71. The summed E-state index contributed by atoms with van der Waals surface area (Å²) in [5, 5.41) is 4.34. The first-order chi connectivity index (χ1) is 9.22. The quantitative estimate of drug-likeness (QED) is 0.863. The van der Waals surface area contributed by atoms with E-state index >= 15 is 0 Å². The molecule has 3 N–H and O–H groups in total. The van der Waals surface area contributed by atoms with E-state index in [0.717, 1.165) is 23.4 Å². The van der Waals surface area contributed by atoms with Gasteiger partial charge >= 0.3 is 0 Å². The van der Waals surface area contributed by atoms with Crippen LogP contribution in [-0.2, 0) is 0 Å². The van der Waals surface area contributed by atoms with Crippen molar-refractivity contribution in [3.63, 3.8) is 0 Å². The SMILES string of the molecule is NC(=O)c1coc2cc(C3CC4CC3CN4)ccc12. The topological polar surface area (TPSA) is 68.3 Å². The molecule has 1 aromatic heterocycles. The molecule has 0 radical (unpaired) electrons. The normalized spacial score (nSPS) is 29.2. The number of fused-ring (bicyclic) bond motifs is 3. The Morgan fingerprint density at radius 1 is 1.37 bits per heavy atom. The van der Waals surface area contributed by atoms with Crippen LogP contribution >= 0.6 is 0 Å². The summed E-state index contributed by atoms with van der Waals surface area (Å²) in [5.41, 5.74) is 7.89. The fraction of sp³-hybridized carbons (Fsp3) is 0.400. The smallest absolute Gasteiger partial charge is 0.252 e. The average molecular weight is 256 g/mol. The van der Waals surface area contributed by atoms with Crippen LogP contribution in [0.3, 0.4) is 0 Å². The van der Waals surface area contributed by atoms with Gasteiger partial charge in [0.2, 0.25) is 0 Å². The average Bonchev–Trinajstić information content (AvgIpc) is 3.12. The van der Waals surface area contributed by atoms with Gasteiger partial charge in [0.1, 0.15) is 11.8 Å². The van der Waals surface area contributed by atoms with E-state index < -0.39 is 5.91 Å². The van der Waals surface area contributed by atoms with Crippen LogP contribution in [0.1, 0.15) is 34.7 Å². The van der Waals surface area contributed by atoms with Crippen molar-refractivity contribution in [2.45, 2.75) is 24.8 Å². The lowest BCUT2D eigenvalue weighted by molar-refractivity contribution is 0.100. The van der Waals surface area contributed by atoms with Gasteiger partial charge in [0.05, 0.1) is 5.56 Å². The Kier molecular flexibility index (Phi) is 2.23. The molecule has 3 atom stereocenters. The van der Waals surface area contributed by atoms with E-state index in [2.05, 4.69) is 17.4 Å². The van der Waals surface area contributed by atoms with Crippen molar-refractivity contribution < 1.29 is 9.21 Å². The molecular formula is C15H16N2O2. The Hall–Kier alpha value is -1.81. The number of hydrogen-bond donors (Lipinski definition) is 2. The molecule has 98 valence electrons. The molecule has 2 heterocycles. The first-order valence-corrected chi connectivity index (χ1v) is 6.76. The van der Waals surface area contributed by atoms with Crippen LogP contribution in [0.25, 0.3) is 11.0 Å². The highest BCUT2D eigenvalue weighted by molar-refractivity contribution is 6.05. The van der Waals surface area contributed by atoms with Gasteiger partial charge in [-0.3, -0.25) is 4.79 Å². The lowest BCUT2D eigenvalue weighted by Gasteiger charge is -2.22. The molecule has 1 aliphatic heterocycles. The second-order valence-corrected chi connectivity index (χ2v) is 5.71. The van der Waals surface area contributed by atoms with E-state index in [1.165, 1.54) is 24.7 Å². The molecule has 1 amide bonds. The molecule has 0 spiro atoms. The largest absolute Gasteiger partial charge is 0.463 e. The number of primary amides is 1. The number of carbonyl (C=O) groups excluding carboxylic acids is 1. The molecule has 1 aliphatic carbocycles. The summed E-state index contributed by atoms with van der Waals surface area (Å²) in [4.78, 5) is 11.3. The molecular weight excluding hydrogens is 240 g/mol. The van der Waals surface area contributed by atoms with Crippen molar-refractivity contribution in [3.05, 3.63) is 35.6 Å². The summed E-state index contributed by atoms with van der Waals surface area (Å²) in [6.45, 7) is 1.12. The Morgan fingerprint density at radius 2 is 2.26 bits per heavy atom. The van der Waals surface area contributed by atoms with E-state index in [1.54, 1.807) is 0 Å². The van der Waals surface area contributed by atoms with Gasteiger partial charge in [-0.05, 0) is 42.9 Å². The van der Waals surface area contributed by atoms with Crippen molar-refractivity contribution in [1.82, 2.24) is 5.32 Å². The third-order valence-corrected chi connectivity index (χ3v) is 4.66. The molecule has 2 fully saturated rings. The third-order valence-electron chi connectivity index (χ3n) is 4.66. The molecule has 3 unspecified atom stereocenters. The summed E-state index contributed by atoms with van der Waals surface area (Å²) in [6, 6.07) is 6.85. The second kappa shape index (κ2) is 3.84. The van der Waals surface area contributed by atoms with Crippen LogP contribution in [0.4, 0.5) is 0 Å². The van der Waals surface area contributed by atoms with E-state index in [4.69, 9.17) is 10.2 Å². The summed E-state index contributed by atoms with van der Waals surface area (Å²) >= 11 is 0. The predicted octanol–water partition coefficient (Wildman–Crippen LogP) is 2.00. The van der Waals surface area contributed by atoms with Gasteiger partial charge in [0.15, 0.2) is 0 Å². The van der Waals surface area contributed by atoms with Crippen LogP contribution in [0.5, 0.6) is 0 Å². The van der Waals surface area contributed by atoms with Crippen molar-refractivity contribution in [1.29, 1.82) is 0 Å². The highest BCUT2D eigenvalue weighted by Crippen LogP contribution is 2.43. The first kappa shape index (κ1) is 11.1. The lowest BCUT2D eigenvalue weighted by atomic mass is 9.87. The number of furan rings is 1. The minimum atomic E-state index is -0.435. The molecule has 2 bridgehead atoms. The third kappa shape index (κ3) is 1.60. The summed E-state index contributed by atoms with van der Waals surface area (Å²) in [5.74, 6) is 0.932. The zero-order chi connectivity index (χ0) is 13.0. The second-order valence-electron chi connectivity index (χ2n) is 5.71. The summed E-state index contributed by atoms with van der Waals surface area (Å²) < 4.78 is 5.47. The van der Waals surface area contributed by atoms with Crippen LogP contribution in [0.15, 0.2) is 28.9 Å². The van der Waals surface area contributed by atoms with Crippen molar-refractivity contribution >= 4 is 16.9 Å². The highest BCUT2D eigenvalue weighted by atomic mass is 16.3. The van der Waals surface area contributed by atoms with Crippen LogP contribution in [0, 0.1) is 5.92 Å². The Bertz CT molecular complexity index is 661. The van der Waals surface area contributed by atoms with Gasteiger partial charge < -0.3 is 15.5 Å². The van der Waals surface area contributed by atoms with Crippen molar-refractivity contribution in [2.24, 2.45) is 11.7 Å². The zero-order valence-corrected chi connectivity index (χ0v) is 10.6. The van der Waals surface area contributed by atoms with Gasteiger partial charge in [-0.15, -0.1) is 0 Å². The molecule has 1 saturated heterocycles. The van der Waals surface area contributed by atoms with Crippen LogP contribution in [0.2, 0.25) is 0 Å². The number of piperidine rings is 1. The fourth-order valence-electron chi connectivity index (χ4n) is 3.71. The van der Waals surface area contributed by atoms with Gasteiger partial charge in [-0.1, -0.05) is 12.1 Å². The van der Waals surface area contributed by atoms with Crippen molar-refractivity contribution in [3.8, 4) is 0 Å². The van der Waals surface area contributed by atoms with Crippen LogP contribution < -0.4 is 11.1 Å². The zero-order valence-electron chi connectivity index (χ0n) is 10.6. The Morgan fingerprint density at radius 3 is 2.95 bits per heavy atom. The van der Waals surface area contributed by atoms with Crippen molar-refractivity contribution in [2.75, 3.05) is 6.54 Å². The van der Waals surface area contributed by atoms with Gasteiger partial charge in [0, 0.05) is 11.4 Å². The van der Waals surface area contributed by atoms with E-state index in [9.17, 15) is 4.79 Å². The predicted molar refractivity (Wildman–Crippen MR) is 72.0 cm³/mol. The maximum atomic E-state index is 11.3. The molecule has 4 rings (SSSR count). The monoisotopic (exact) mass is 256 g/mol. The van der Waals surface area contributed by atoms with Gasteiger partial charge in [-0.2, -0.15) is 0 Å². The number of rotatable bonds is 2. The molecule has 4 heteroatoms. The highest BCUT2D eigenvalue weighted by Gasteiger charge is 2.40. The number of amides is 1. The molecule has 1 aromatic carbocycles. The standard InChI is InChI=1S/C15H16N2O2/c16-15(18)13-7-19-14-4-8(1-2-11(13)14)12-5-10-3-9(12)6-17-10/h1-2,4,7,9-10,12,17H,3,5-6H2,(H2,16,18). The molecule has 19 heavy (non-hydrogen) atoms. The Balaban J connectivity index is 1.75. The number of nitrogens with one attached hydrogen (secondary N) is 1. The van der Waals surface area contributed by atoms with E-state index in [-0.39, 0.29) is 0 Å². The molecule has 2 aliphatic rings. The Labute approximate surface area is 111 Å². The lowest BCUT2D eigenvalue weighted by Crippen LogP contribution is -2.28. The maximum absolute atomic E-state index is 11.3. The van der Waals surface area contributed by atoms with E-state index in [1.807, 2.05) is 6.07 Å². The number of nitrogens with two attached hydrogens (primary N) is 1. The van der Waals surface area contributed by atoms with Crippen LogP contribution in [-0.4, -0.2) is 18.5 Å². The minimum Gasteiger partial charge on any atom is -0.463 e. The van der Waals surface area contributed by atoms with Gasteiger partial charge in [-0.25, -0.2) is 0 Å². The number of benzene rings is 1. The molecule has 2 aromatic rings. The maximum Gasteiger partial charge on any atom is 0.252 e. The first-order valence-electron chi connectivity index (χ1n) is 6.76. The minimum absolute atomic E-state index is 0.435. The number of hydrogen-bond acceptors (Lipinski definition) is 3. The summed E-state index contributed by atoms with van der Waals surface area (Å²) in [7, 11) is 0. The summed E-state index contributed by atoms with van der Waals surface area (Å²) in [6.07, 6.45) is 3.95. The number of carbonyl (C=O) groups is 1. The molecule has 1 saturated carbocycles. The van der Waals surface area contributed by atoms with E-state index in [0.29, 0.717) is 17.5 Å².